The molecule has 0 atom stereocenters. The molecule has 0 saturated heterocycles. The van der Waals surface area contributed by atoms with Crippen LogP contribution in [0.25, 0.3) is 0 Å². The van der Waals surface area contributed by atoms with Crippen LogP contribution in [0.5, 0.6) is 0 Å². The Bertz CT molecular complexity index is 679. The smallest absolute Gasteiger partial charge is 0.255 e. The number of rotatable bonds is 6. The van der Waals surface area contributed by atoms with Crippen molar-refractivity contribution in [1.29, 1.82) is 0 Å². The molecule has 1 amide bonds. The number of hydrogen-bond donors (Lipinski definition) is 3. The fourth-order valence-electron chi connectivity index (χ4n) is 3.28. The minimum atomic E-state index is -0.150. The zero-order valence-electron chi connectivity index (χ0n) is 13.8. The van der Waals surface area contributed by atoms with Crippen molar-refractivity contribution >= 4 is 11.6 Å². The average molecular weight is 324 g/mol. The van der Waals surface area contributed by atoms with Gasteiger partial charge in [0.15, 0.2) is 0 Å². The second-order valence-electron chi connectivity index (χ2n) is 6.52. The van der Waals surface area contributed by atoms with E-state index < -0.39 is 0 Å². The first-order valence-corrected chi connectivity index (χ1v) is 8.52. The monoisotopic (exact) mass is 324 g/mol. The minimum Gasteiger partial charge on any atom is -0.394 e. The molecule has 1 fully saturated rings. The number of carbonyl (C=O) groups excluding carboxylic acids is 1. The normalized spacial score (nSPS) is 16.0. The summed E-state index contributed by atoms with van der Waals surface area (Å²) in [6.45, 7) is 0.828. The van der Waals surface area contributed by atoms with Crippen molar-refractivity contribution in [3.8, 4) is 0 Å². The van der Waals surface area contributed by atoms with Crippen LogP contribution >= 0.6 is 0 Å². The van der Waals surface area contributed by atoms with Crippen LogP contribution in [0, 0.1) is 0 Å². The number of para-hydroxylation sites is 1. The number of carbonyl (C=O) groups is 1. The minimum absolute atomic E-state index is 0.110. The van der Waals surface area contributed by atoms with Gasteiger partial charge in [-0.3, -0.25) is 4.79 Å². The quantitative estimate of drug-likeness (QED) is 0.764. The third-order valence-corrected chi connectivity index (χ3v) is 4.75. The molecule has 0 aliphatic heterocycles. The molecule has 24 heavy (non-hydrogen) atoms. The molecule has 0 heterocycles. The van der Waals surface area contributed by atoms with Crippen molar-refractivity contribution in [3.63, 3.8) is 0 Å². The number of benzene rings is 2. The molecule has 2 aromatic carbocycles. The van der Waals surface area contributed by atoms with Crippen LogP contribution < -0.4 is 10.6 Å². The lowest BCUT2D eigenvalue weighted by Crippen LogP contribution is -2.45. The number of nitrogens with one attached hydrogen (secondary N) is 2. The lowest BCUT2D eigenvalue weighted by molar-refractivity contribution is 0.102. The van der Waals surface area contributed by atoms with Crippen LogP contribution in [0.15, 0.2) is 54.6 Å². The first-order chi connectivity index (χ1) is 11.7. The number of anilines is 1. The zero-order valence-corrected chi connectivity index (χ0v) is 13.8. The van der Waals surface area contributed by atoms with Crippen molar-refractivity contribution in [3.05, 3.63) is 65.7 Å². The van der Waals surface area contributed by atoms with Crippen molar-refractivity contribution in [1.82, 2.24) is 5.32 Å². The fraction of sp³-hybridized carbons (Fsp3) is 0.350. The summed E-state index contributed by atoms with van der Waals surface area (Å²) in [4.78, 5) is 12.4. The van der Waals surface area contributed by atoms with E-state index in [0.717, 1.165) is 36.9 Å². The lowest BCUT2D eigenvalue weighted by atomic mass is 9.98. The largest absolute Gasteiger partial charge is 0.394 e. The summed E-state index contributed by atoms with van der Waals surface area (Å²) in [6, 6.07) is 17.1. The molecule has 1 saturated carbocycles. The molecule has 4 heteroatoms. The summed E-state index contributed by atoms with van der Waals surface area (Å²) in [5.41, 5.74) is 2.33. The number of amides is 1. The van der Waals surface area contributed by atoms with E-state index >= 15 is 0 Å². The molecule has 0 bridgehead atoms. The van der Waals surface area contributed by atoms with E-state index in [-0.39, 0.29) is 18.1 Å². The van der Waals surface area contributed by atoms with Crippen molar-refractivity contribution in [2.75, 3.05) is 11.9 Å². The Morgan fingerprint density at radius 3 is 2.50 bits per heavy atom. The SMILES string of the molecule is O=C(Nc1ccccc1)c1cccc(CNC2(CO)CCCC2)c1. The maximum atomic E-state index is 12.4. The van der Waals surface area contributed by atoms with Crippen LogP contribution in [0.4, 0.5) is 5.69 Å². The predicted molar refractivity (Wildman–Crippen MR) is 96.0 cm³/mol. The van der Waals surface area contributed by atoms with Gasteiger partial charge < -0.3 is 15.7 Å². The van der Waals surface area contributed by atoms with Crippen LogP contribution in [-0.4, -0.2) is 23.2 Å². The molecule has 126 valence electrons. The summed E-state index contributed by atoms with van der Waals surface area (Å²) >= 11 is 0. The number of hydrogen-bond acceptors (Lipinski definition) is 3. The molecule has 0 aromatic heterocycles. The third-order valence-electron chi connectivity index (χ3n) is 4.75. The van der Waals surface area contributed by atoms with E-state index in [2.05, 4.69) is 10.6 Å². The summed E-state index contributed by atoms with van der Waals surface area (Å²) in [5.74, 6) is -0.110. The lowest BCUT2D eigenvalue weighted by Gasteiger charge is -2.28. The summed E-state index contributed by atoms with van der Waals surface area (Å²) in [6.07, 6.45) is 4.34. The van der Waals surface area contributed by atoms with Gasteiger partial charge in [0.25, 0.3) is 5.91 Å². The Kier molecular flexibility index (Phi) is 5.28. The van der Waals surface area contributed by atoms with Gasteiger partial charge in [-0.05, 0) is 42.7 Å². The fourth-order valence-corrected chi connectivity index (χ4v) is 3.28. The van der Waals surface area contributed by atoms with Gasteiger partial charge in [0.1, 0.15) is 0 Å². The van der Waals surface area contributed by atoms with Crippen LogP contribution in [0.3, 0.4) is 0 Å². The maximum absolute atomic E-state index is 12.4. The van der Waals surface area contributed by atoms with Gasteiger partial charge in [0.05, 0.1) is 6.61 Å². The van der Waals surface area contributed by atoms with Gasteiger partial charge in [-0.1, -0.05) is 43.2 Å². The maximum Gasteiger partial charge on any atom is 0.255 e. The predicted octanol–water partition coefficient (Wildman–Crippen LogP) is 3.33. The van der Waals surface area contributed by atoms with Gasteiger partial charge in [-0.2, -0.15) is 0 Å². The molecule has 3 rings (SSSR count). The molecule has 0 spiro atoms. The summed E-state index contributed by atoms with van der Waals surface area (Å²) in [5, 5.41) is 16.1. The standard InChI is InChI=1S/C20H24N2O2/c23-15-20(11-4-5-12-20)21-14-16-7-6-8-17(13-16)19(24)22-18-9-2-1-3-10-18/h1-3,6-10,13,21,23H,4-5,11-12,14-15H2,(H,22,24). The highest BCUT2D eigenvalue weighted by Gasteiger charge is 2.32. The number of aliphatic hydroxyl groups is 1. The van der Waals surface area contributed by atoms with Crippen LogP contribution in [0.2, 0.25) is 0 Å². The molecular formula is C20H24N2O2. The highest BCUT2D eigenvalue weighted by Crippen LogP contribution is 2.29. The molecule has 0 radical (unpaired) electrons. The van der Waals surface area contributed by atoms with Crippen molar-refractivity contribution < 1.29 is 9.90 Å². The summed E-state index contributed by atoms with van der Waals surface area (Å²) in [7, 11) is 0. The Morgan fingerprint density at radius 1 is 1.04 bits per heavy atom. The second kappa shape index (κ2) is 7.60. The molecular weight excluding hydrogens is 300 g/mol. The van der Waals surface area contributed by atoms with E-state index in [0.29, 0.717) is 12.1 Å². The van der Waals surface area contributed by atoms with E-state index in [9.17, 15) is 9.90 Å². The van der Waals surface area contributed by atoms with Crippen molar-refractivity contribution in [2.24, 2.45) is 0 Å². The molecule has 4 nitrogen and oxygen atoms in total. The van der Waals surface area contributed by atoms with Gasteiger partial charge in [-0.25, -0.2) is 0 Å². The van der Waals surface area contributed by atoms with Gasteiger partial charge in [0, 0.05) is 23.3 Å². The van der Waals surface area contributed by atoms with Gasteiger partial charge in [-0.15, -0.1) is 0 Å². The molecule has 3 N–H and O–H groups in total. The van der Waals surface area contributed by atoms with E-state index in [4.69, 9.17) is 0 Å². The molecule has 2 aromatic rings. The Hall–Kier alpha value is -2.17. The molecule has 0 unspecified atom stereocenters. The Balaban J connectivity index is 1.64. The van der Waals surface area contributed by atoms with E-state index in [1.54, 1.807) is 0 Å². The first kappa shape index (κ1) is 16.7. The zero-order chi connectivity index (χ0) is 16.8. The molecule has 1 aliphatic rings. The van der Waals surface area contributed by atoms with Gasteiger partial charge >= 0.3 is 0 Å². The first-order valence-electron chi connectivity index (χ1n) is 8.52. The molecule has 1 aliphatic carbocycles. The topological polar surface area (TPSA) is 61.4 Å². The highest BCUT2D eigenvalue weighted by atomic mass is 16.3. The van der Waals surface area contributed by atoms with E-state index in [1.807, 2.05) is 54.6 Å². The highest BCUT2D eigenvalue weighted by molar-refractivity contribution is 6.04. The second-order valence-corrected chi connectivity index (χ2v) is 6.52. The Labute approximate surface area is 142 Å². The number of aliphatic hydroxyl groups excluding tert-OH is 1. The average Bonchev–Trinajstić information content (AvgIpc) is 3.11. The van der Waals surface area contributed by atoms with Gasteiger partial charge in [0.2, 0.25) is 0 Å². The van der Waals surface area contributed by atoms with Crippen LogP contribution in [0.1, 0.15) is 41.6 Å². The Morgan fingerprint density at radius 2 is 1.79 bits per heavy atom. The van der Waals surface area contributed by atoms with E-state index in [1.165, 1.54) is 0 Å². The van der Waals surface area contributed by atoms with Crippen LogP contribution in [-0.2, 0) is 6.54 Å². The van der Waals surface area contributed by atoms with Crippen molar-refractivity contribution in [2.45, 2.75) is 37.8 Å². The summed E-state index contributed by atoms with van der Waals surface area (Å²) < 4.78 is 0. The third kappa shape index (κ3) is 4.02.